The quantitative estimate of drug-likeness (QED) is 0.609. The van der Waals surface area contributed by atoms with E-state index < -0.39 is 0 Å². The molecule has 0 radical (unpaired) electrons. The van der Waals surface area contributed by atoms with Crippen LogP contribution < -0.4 is 10.2 Å². The van der Waals surface area contributed by atoms with Crippen LogP contribution in [-0.4, -0.2) is 38.4 Å². The van der Waals surface area contributed by atoms with Gasteiger partial charge in [0.25, 0.3) is 0 Å². The molecule has 0 aliphatic carbocycles. The summed E-state index contributed by atoms with van der Waals surface area (Å²) in [7, 11) is 1.67. The second-order valence-electron chi connectivity index (χ2n) is 3.86. The summed E-state index contributed by atoms with van der Waals surface area (Å²) >= 11 is 0. The summed E-state index contributed by atoms with van der Waals surface area (Å²) in [5.74, 6) is 0.219. The Bertz CT molecular complexity index is 241. The molecular weight excluding hydrogens is 192 g/mol. The molecule has 4 nitrogen and oxygen atoms in total. The first-order valence-corrected chi connectivity index (χ1v) is 5.50. The SMILES string of the molecule is CCC=CC[NH+]1C(=O)CNC(OC)C1C. The second-order valence-corrected chi connectivity index (χ2v) is 3.86. The summed E-state index contributed by atoms with van der Waals surface area (Å²) in [6.45, 7) is 5.29. The molecule has 0 spiro atoms. The maximum atomic E-state index is 11.7. The summed E-state index contributed by atoms with van der Waals surface area (Å²) < 4.78 is 5.28. The molecule has 3 unspecified atom stereocenters. The van der Waals surface area contributed by atoms with Gasteiger partial charge in [-0.15, -0.1) is 0 Å². The van der Waals surface area contributed by atoms with Gasteiger partial charge in [-0.3, -0.25) is 10.2 Å². The molecule has 15 heavy (non-hydrogen) atoms. The maximum absolute atomic E-state index is 11.7. The lowest BCUT2D eigenvalue weighted by Crippen LogP contribution is -3.21. The van der Waals surface area contributed by atoms with E-state index in [0.717, 1.165) is 17.9 Å². The molecule has 0 aromatic rings. The number of allylic oxidation sites excluding steroid dienone is 1. The predicted molar refractivity (Wildman–Crippen MR) is 58.5 cm³/mol. The standard InChI is InChI=1S/C11H20N2O2/c1-4-5-6-7-13-9(2)11(15-3)12-8-10(13)14/h5-6,9,11-12H,4,7-8H2,1-3H3/p+1. The summed E-state index contributed by atoms with van der Waals surface area (Å²) in [4.78, 5) is 12.6. The van der Waals surface area contributed by atoms with Crippen molar-refractivity contribution >= 4 is 5.91 Å². The van der Waals surface area contributed by atoms with Gasteiger partial charge in [-0.2, -0.15) is 0 Å². The van der Waals surface area contributed by atoms with Crippen molar-refractivity contribution in [2.45, 2.75) is 32.5 Å². The fourth-order valence-electron chi connectivity index (χ4n) is 1.88. The molecule has 1 aliphatic rings. The molecule has 2 N–H and O–H groups in total. The van der Waals surface area contributed by atoms with E-state index in [2.05, 4.69) is 24.4 Å². The van der Waals surface area contributed by atoms with Crippen LogP contribution in [-0.2, 0) is 9.53 Å². The average Bonchev–Trinajstić information content (AvgIpc) is 2.23. The van der Waals surface area contributed by atoms with Crippen LogP contribution in [0.15, 0.2) is 12.2 Å². The molecule has 4 heteroatoms. The number of hydrogen-bond donors (Lipinski definition) is 2. The zero-order valence-corrected chi connectivity index (χ0v) is 9.75. The Morgan fingerprint density at radius 3 is 2.93 bits per heavy atom. The van der Waals surface area contributed by atoms with Crippen LogP contribution in [0.3, 0.4) is 0 Å². The molecule has 0 aromatic carbocycles. The summed E-state index contributed by atoms with van der Waals surface area (Å²) in [6.07, 6.45) is 5.16. The highest BCUT2D eigenvalue weighted by Gasteiger charge is 2.36. The van der Waals surface area contributed by atoms with Gasteiger partial charge in [0.1, 0.15) is 19.1 Å². The lowest BCUT2D eigenvalue weighted by Gasteiger charge is -2.33. The van der Waals surface area contributed by atoms with Crippen molar-refractivity contribution in [2.24, 2.45) is 0 Å². The number of carbonyl (C=O) groups is 1. The highest BCUT2D eigenvalue weighted by Crippen LogP contribution is 1.94. The molecule has 0 bridgehead atoms. The van der Waals surface area contributed by atoms with E-state index in [-0.39, 0.29) is 18.2 Å². The van der Waals surface area contributed by atoms with Crippen LogP contribution in [0.5, 0.6) is 0 Å². The van der Waals surface area contributed by atoms with E-state index in [9.17, 15) is 4.79 Å². The van der Waals surface area contributed by atoms with Crippen molar-refractivity contribution in [3.63, 3.8) is 0 Å². The van der Waals surface area contributed by atoms with Gasteiger partial charge in [0.05, 0.1) is 0 Å². The third-order valence-corrected chi connectivity index (χ3v) is 2.82. The van der Waals surface area contributed by atoms with Gasteiger partial charge in [-0.1, -0.05) is 13.0 Å². The van der Waals surface area contributed by atoms with Crippen molar-refractivity contribution in [1.29, 1.82) is 0 Å². The molecule has 3 atom stereocenters. The number of nitrogens with one attached hydrogen (secondary N) is 2. The molecule has 1 aliphatic heterocycles. The van der Waals surface area contributed by atoms with Gasteiger partial charge in [0, 0.05) is 7.11 Å². The first kappa shape index (κ1) is 12.4. The number of rotatable bonds is 4. The number of quaternary nitrogens is 1. The Morgan fingerprint density at radius 1 is 1.60 bits per heavy atom. The summed E-state index contributed by atoms with van der Waals surface area (Å²) in [5, 5.41) is 3.07. The monoisotopic (exact) mass is 213 g/mol. The summed E-state index contributed by atoms with van der Waals surface area (Å²) in [6, 6.07) is 0.165. The largest absolute Gasteiger partial charge is 0.360 e. The van der Waals surface area contributed by atoms with Crippen LogP contribution >= 0.6 is 0 Å². The Balaban J connectivity index is 2.57. The average molecular weight is 213 g/mol. The second kappa shape index (κ2) is 6.00. The zero-order valence-electron chi connectivity index (χ0n) is 9.75. The number of hydrogen-bond acceptors (Lipinski definition) is 3. The molecule has 0 aromatic heterocycles. The lowest BCUT2D eigenvalue weighted by molar-refractivity contribution is -0.848. The van der Waals surface area contributed by atoms with Crippen LogP contribution in [0, 0.1) is 0 Å². The minimum atomic E-state index is -0.0206. The maximum Gasteiger partial charge on any atom is 0.326 e. The van der Waals surface area contributed by atoms with E-state index >= 15 is 0 Å². The molecule has 1 heterocycles. The van der Waals surface area contributed by atoms with E-state index in [4.69, 9.17) is 4.74 Å². The van der Waals surface area contributed by atoms with E-state index in [1.165, 1.54) is 0 Å². The fraction of sp³-hybridized carbons (Fsp3) is 0.727. The van der Waals surface area contributed by atoms with Crippen molar-refractivity contribution < 1.29 is 14.4 Å². The molecule has 0 saturated carbocycles. The molecule has 1 saturated heterocycles. The van der Waals surface area contributed by atoms with Gasteiger partial charge >= 0.3 is 5.91 Å². The normalized spacial score (nSPS) is 32.5. The first-order chi connectivity index (χ1) is 7.20. The molecule has 1 rings (SSSR count). The van der Waals surface area contributed by atoms with E-state index in [1.807, 2.05) is 6.92 Å². The Labute approximate surface area is 91.3 Å². The van der Waals surface area contributed by atoms with Crippen LogP contribution in [0.1, 0.15) is 20.3 Å². The zero-order chi connectivity index (χ0) is 11.3. The van der Waals surface area contributed by atoms with Crippen molar-refractivity contribution in [3.8, 4) is 0 Å². The highest BCUT2D eigenvalue weighted by molar-refractivity contribution is 5.69. The lowest BCUT2D eigenvalue weighted by atomic mass is 10.2. The smallest absolute Gasteiger partial charge is 0.326 e. The number of amides is 1. The minimum absolute atomic E-state index is 0.0206. The molecule has 1 fully saturated rings. The van der Waals surface area contributed by atoms with Gasteiger partial charge < -0.3 is 4.74 Å². The highest BCUT2D eigenvalue weighted by atomic mass is 16.5. The van der Waals surface area contributed by atoms with Crippen molar-refractivity contribution in [3.05, 3.63) is 12.2 Å². The minimum Gasteiger partial charge on any atom is -0.360 e. The van der Waals surface area contributed by atoms with Crippen LogP contribution in [0.25, 0.3) is 0 Å². The Morgan fingerprint density at radius 2 is 2.33 bits per heavy atom. The number of carbonyl (C=O) groups excluding carboxylic acids is 1. The molecule has 1 amide bonds. The number of ether oxygens (including phenoxy) is 1. The Hall–Kier alpha value is -0.710. The number of methoxy groups -OCH3 is 1. The third-order valence-electron chi connectivity index (χ3n) is 2.82. The van der Waals surface area contributed by atoms with Crippen LogP contribution in [0.4, 0.5) is 0 Å². The first-order valence-electron chi connectivity index (χ1n) is 5.50. The van der Waals surface area contributed by atoms with Gasteiger partial charge in [-0.25, -0.2) is 4.79 Å². The van der Waals surface area contributed by atoms with Gasteiger partial charge in [-0.05, 0) is 19.4 Å². The fourth-order valence-corrected chi connectivity index (χ4v) is 1.88. The van der Waals surface area contributed by atoms with Crippen LogP contribution in [0.2, 0.25) is 0 Å². The third kappa shape index (κ3) is 3.12. The van der Waals surface area contributed by atoms with Crippen molar-refractivity contribution in [1.82, 2.24) is 5.32 Å². The van der Waals surface area contributed by atoms with Crippen molar-refractivity contribution in [2.75, 3.05) is 20.2 Å². The van der Waals surface area contributed by atoms with E-state index in [0.29, 0.717) is 6.54 Å². The van der Waals surface area contributed by atoms with E-state index in [1.54, 1.807) is 7.11 Å². The summed E-state index contributed by atoms with van der Waals surface area (Å²) in [5.41, 5.74) is 0. The van der Waals surface area contributed by atoms with Gasteiger partial charge in [0.2, 0.25) is 0 Å². The topological polar surface area (TPSA) is 42.8 Å². The van der Waals surface area contributed by atoms with Gasteiger partial charge in [0.15, 0.2) is 6.23 Å². The Kier molecular flexibility index (Phi) is 4.94. The predicted octanol–water partition coefficient (Wildman–Crippen LogP) is -0.672. The number of piperazine rings is 1. The molecule has 86 valence electrons. The molecular formula is C11H21N2O2+.